The molecule has 0 aliphatic heterocycles. The highest BCUT2D eigenvalue weighted by Gasteiger charge is 2.50. The van der Waals surface area contributed by atoms with Crippen molar-refractivity contribution >= 4 is 0 Å². The molecule has 0 radical (unpaired) electrons. The Hall–Kier alpha value is -11.5. The fourth-order valence-electron chi connectivity index (χ4n) is 18.3. The first-order chi connectivity index (χ1) is 54.2. The van der Waals surface area contributed by atoms with E-state index >= 15 is 0 Å². The van der Waals surface area contributed by atoms with Gasteiger partial charge in [0.2, 0.25) is 0 Å². The summed E-state index contributed by atoms with van der Waals surface area (Å²) in [5.74, 6) is 3.74. The first-order valence-electron chi connectivity index (χ1n) is 38.3. The van der Waals surface area contributed by atoms with Gasteiger partial charge in [0, 0.05) is 59.6 Å². The van der Waals surface area contributed by atoms with Crippen molar-refractivity contribution in [2.24, 2.45) is 5.92 Å². The molecule has 12 aromatic rings. The van der Waals surface area contributed by atoms with Crippen molar-refractivity contribution in [3.63, 3.8) is 0 Å². The van der Waals surface area contributed by atoms with E-state index in [1.54, 1.807) is 28.4 Å². The SMILES string of the molecule is COCc1cc(C2(c3cc(C)c(O)c(COCc4cccc5c4-c4ccccc4C5(c4cc(C)c(O)c(COC)c4)c4cc(C)c(O)c(COCC5CCCC(c6cc(C)c(O)c(COc7ccccc7)c6)(c6cc(C)c(O)c(COc7ccccc7)c6)C5)c4)c3)c3ccc(OC)cc3-c3cc(OC)ccc32)cc(C)c1O. The van der Waals surface area contributed by atoms with Crippen LogP contribution in [0.1, 0.15) is 154 Å². The van der Waals surface area contributed by atoms with Gasteiger partial charge in [0.25, 0.3) is 0 Å². The van der Waals surface area contributed by atoms with Crippen LogP contribution < -0.4 is 18.9 Å². The molecule has 3 aliphatic carbocycles. The molecule has 0 amide bonds. The molecule has 12 aromatic carbocycles. The molecule has 14 nitrogen and oxygen atoms in total. The van der Waals surface area contributed by atoms with Gasteiger partial charge in [-0.25, -0.2) is 0 Å². The van der Waals surface area contributed by atoms with Gasteiger partial charge in [-0.05, 0) is 268 Å². The number of methoxy groups -OCH3 is 4. The standard InChI is InChI=1S/C98H96O14/c1-58-35-72(41-70(94(58)103)56-111-78-23-13-11-14-24-78)96(73-36-59(2)95(104)71(42-73)57-112-79-25-15-12-16-26-79)34-20-21-64(49-96)50-109-54-68-46-77(40-63(6)92(68)101)98(76-39-61(4)91(100)67(44-76)52-106-8)85-28-18-17-27-82(85)89-65(22-19-29-88(89)98)53-110-55-69-45-75(38-62(5)93(69)102)97(74-37-60(3)90(99)66(43-74)51-105-7)86-32-30-80(107-9)47-83(86)84-48-81(108-10)31-33-87(84)97/h11-19,22-33,35-48,64,99-104H,20-21,34,49-57H2,1-10H3. The van der Waals surface area contributed by atoms with Gasteiger partial charge in [0.05, 0.1) is 58.1 Å². The lowest BCUT2D eigenvalue weighted by molar-refractivity contribution is 0.0615. The van der Waals surface area contributed by atoms with Gasteiger partial charge in [-0.3, -0.25) is 0 Å². The van der Waals surface area contributed by atoms with E-state index < -0.39 is 16.2 Å². The molecule has 0 bridgehead atoms. The third kappa shape index (κ3) is 13.5. The Bertz CT molecular complexity index is 5400. The van der Waals surface area contributed by atoms with Gasteiger partial charge in [-0.2, -0.15) is 0 Å². The number of ether oxygens (including phenoxy) is 8. The van der Waals surface area contributed by atoms with E-state index in [0.29, 0.717) is 91.7 Å². The topological polar surface area (TPSA) is 195 Å². The summed E-state index contributed by atoms with van der Waals surface area (Å²) in [5, 5.41) is 71.6. The van der Waals surface area contributed by atoms with Crippen molar-refractivity contribution in [2.45, 2.75) is 130 Å². The van der Waals surface area contributed by atoms with Crippen LogP contribution >= 0.6 is 0 Å². The molecule has 2 atom stereocenters. The largest absolute Gasteiger partial charge is 0.507 e. The zero-order valence-corrected chi connectivity index (χ0v) is 65.2. The quantitative estimate of drug-likeness (QED) is 0.0300. The number of rotatable bonds is 26. The van der Waals surface area contributed by atoms with E-state index in [1.807, 2.05) is 126 Å². The Morgan fingerprint density at radius 2 is 0.688 bits per heavy atom. The molecule has 572 valence electrons. The molecule has 6 N–H and O–H groups in total. The molecular formula is C98H96O14. The second-order valence-corrected chi connectivity index (χ2v) is 30.6. The van der Waals surface area contributed by atoms with E-state index in [-0.39, 0.29) is 86.7 Å². The minimum absolute atomic E-state index is 0.0332. The minimum atomic E-state index is -1.05. The lowest BCUT2D eigenvalue weighted by Gasteiger charge is -2.43. The Labute approximate surface area is 655 Å². The maximum Gasteiger partial charge on any atom is 0.125 e. The normalized spacial score (nSPS) is 15.6. The highest BCUT2D eigenvalue weighted by Crippen LogP contribution is 2.61. The summed E-state index contributed by atoms with van der Waals surface area (Å²) < 4.78 is 49.9. The van der Waals surface area contributed by atoms with E-state index in [0.717, 1.165) is 114 Å². The number of hydrogen-bond acceptors (Lipinski definition) is 14. The van der Waals surface area contributed by atoms with Crippen LogP contribution in [0, 0.1) is 47.5 Å². The number of phenols is 6. The van der Waals surface area contributed by atoms with Crippen molar-refractivity contribution in [1.82, 2.24) is 0 Å². The fraction of sp³-hybridized carbons (Fsp3) is 0.265. The Balaban J connectivity index is 0.786. The maximum atomic E-state index is 12.5. The van der Waals surface area contributed by atoms with E-state index in [2.05, 4.69) is 127 Å². The van der Waals surface area contributed by atoms with Gasteiger partial charge >= 0.3 is 0 Å². The average Bonchev–Trinajstić information content (AvgIpc) is 1.53. The Kier molecular flexibility index (Phi) is 21.2. The van der Waals surface area contributed by atoms with Crippen molar-refractivity contribution in [2.75, 3.05) is 35.0 Å². The van der Waals surface area contributed by atoms with Crippen LogP contribution in [0.5, 0.6) is 57.5 Å². The van der Waals surface area contributed by atoms with E-state index in [9.17, 15) is 30.6 Å². The van der Waals surface area contributed by atoms with Crippen LogP contribution in [0.2, 0.25) is 0 Å². The van der Waals surface area contributed by atoms with Crippen LogP contribution in [-0.4, -0.2) is 65.7 Å². The monoisotopic (exact) mass is 1500 g/mol. The summed E-state index contributed by atoms with van der Waals surface area (Å²) in [5.41, 5.74) is 19.7. The molecule has 1 saturated carbocycles. The van der Waals surface area contributed by atoms with E-state index in [4.69, 9.17) is 37.9 Å². The summed E-state index contributed by atoms with van der Waals surface area (Å²) in [6.07, 6.45) is 3.20. The molecule has 14 heteroatoms. The first kappa shape index (κ1) is 75.9. The summed E-state index contributed by atoms with van der Waals surface area (Å²) in [6.45, 7) is 12.8. The second-order valence-electron chi connectivity index (χ2n) is 30.6. The zero-order chi connectivity index (χ0) is 78.3. The molecule has 0 spiro atoms. The number of para-hydroxylation sites is 2. The second kappa shape index (κ2) is 31.3. The molecule has 3 aliphatic rings. The third-order valence-corrected chi connectivity index (χ3v) is 23.7. The average molecular weight is 1500 g/mol. The minimum Gasteiger partial charge on any atom is -0.507 e. The Morgan fingerprint density at radius 1 is 0.321 bits per heavy atom. The molecule has 0 heterocycles. The smallest absolute Gasteiger partial charge is 0.125 e. The first-order valence-corrected chi connectivity index (χ1v) is 38.3. The predicted octanol–water partition coefficient (Wildman–Crippen LogP) is 20.4. The van der Waals surface area contributed by atoms with Gasteiger partial charge in [0.15, 0.2) is 0 Å². The van der Waals surface area contributed by atoms with E-state index in [1.165, 1.54) is 0 Å². The fourth-order valence-corrected chi connectivity index (χ4v) is 18.3. The lowest BCUT2D eigenvalue weighted by atomic mass is 9.61. The highest BCUT2D eigenvalue weighted by molar-refractivity contribution is 5.90. The zero-order valence-electron chi connectivity index (χ0n) is 65.2. The van der Waals surface area contributed by atoms with Crippen LogP contribution in [0.25, 0.3) is 22.3 Å². The number of aryl methyl sites for hydroxylation is 6. The maximum absolute atomic E-state index is 12.5. The number of aromatic hydroxyl groups is 6. The van der Waals surface area contributed by atoms with Crippen molar-refractivity contribution in [3.05, 3.63) is 340 Å². The van der Waals surface area contributed by atoms with Crippen molar-refractivity contribution in [1.29, 1.82) is 0 Å². The summed E-state index contributed by atoms with van der Waals surface area (Å²) in [6, 6.07) is 71.2. The van der Waals surface area contributed by atoms with Crippen molar-refractivity contribution in [3.8, 4) is 79.7 Å². The molecule has 15 rings (SSSR count). The summed E-state index contributed by atoms with van der Waals surface area (Å²) in [7, 11) is 6.57. The molecular weight excluding hydrogens is 1400 g/mol. The summed E-state index contributed by atoms with van der Waals surface area (Å²) in [4.78, 5) is 0. The van der Waals surface area contributed by atoms with Gasteiger partial charge in [0.1, 0.15) is 70.7 Å². The lowest BCUT2D eigenvalue weighted by Crippen LogP contribution is -2.36. The molecule has 1 fully saturated rings. The predicted molar refractivity (Wildman–Crippen MR) is 436 cm³/mol. The molecule has 112 heavy (non-hydrogen) atoms. The number of phenolic OH excluding ortho intramolecular Hbond substituents is 6. The Morgan fingerprint density at radius 3 is 1.13 bits per heavy atom. The van der Waals surface area contributed by atoms with Crippen LogP contribution in [-0.2, 0) is 81.4 Å². The molecule has 2 unspecified atom stereocenters. The number of hydrogen-bond donors (Lipinski definition) is 6. The molecule has 0 saturated heterocycles. The third-order valence-electron chi connectivity index (χ3n) is 23.7. The van der Waals surface area contributed by atoms with Crippen LogP contribution in [0.4, 0.5) is 0 Å². The number of benzene rings is 12. The summed E-state index contributed by atoms with van der Waals surface area (Å²) >= 11 is 0. The molecule has 0 aromatic heterocycles. The van der Waals surface area contributed by atoms with Crippen LogP contribution in [0.15, 0.2) is 212 Å². The van der Waals surface area contributed by atoms with Gasteiger partial charge in [-0.1, -0.05) is 134 Å². The highest BCUT2D eigenvalue weighted by atomic mass is 16.5. The van der Waals surface area contributed by atoms with Crippen LogP contribution in [0.3, 0.4) is 0 Å². The van der Waals surface area contributed by atoms with Gasteiger partial charge in [-0.15, -0.1) is 0 Å². The van der Waals surface area contributed by atoms with Crippen molar-refractivity contribution < 1.29 is 68.5 Å². The number of fused-ring (bicyclic) bond motifs is 6. The van der Waals surface area contributed by atoms with Gasteiger partial charge < -0.3 is 68.5 Å².